The molecular formula is C8H15F3N2O2. The van der Waals surface area contributed by atoms with Crippen molar-refractivity contribution in [3.63, 3.8) is 0 Å². The van der Waals surface area contributed by atoms with E-state index in [1.807, 2.05) is 0 Å². The molecule has 0 saturated heterocycles. The summed E-state index contributed by atoms with van der Waals surface area (Å²) in [5.74, 6) is -0.635. The minimum atomic E-state index is -4.38. The van der Waals surface area contributed by atoms with Crippen molar-refractivity contribution in [3.05, 3.63) is 0 Å². The maximum absolute atomic E-state index is 11.9. The first-order valence-electron chi connectivity index (χ1n) is 4.33. The van der Waals surface area contributed by atoms with Crippen LogP contribution in [0.25, 0.3) is 0 Å². The van der Waals surface area contributed by atoms with Gasteiger partial charge in [-0.25, -0.2) is 0 Å². The number of nitrogens with zero attached hydrogens (tertiary/aromatic N) is 1. The Morgan fingerprint density at radius 2 is 2.07 bits per heavy atom. The molecule has 0 aromatic carbocycles. The topological polar surface area (TPSA) is 55.6 Å². The van der Waals surface area contributed by atoms with Crippen molar-refractivity contribution >= 4 is 5.91 Å². The highest BCUT2D eigenvalue weighted by Crippen LogP contribution is 2.16. The summed E-state index contributed by atoms with van der Waals surface area (Å²) in [5, 5.41) is 0. The molecule has 0 bridgehead atoms. The Kier molecular flexibility index (Phi) is 5.59. The Balaban J connectivity index is 4.09. The van der Waals surface area contributed by atoms with Gasteiger partial charge in [0.15, 0.2) is 0 Å². The van der Waals surface area contributed by atoms with Crippen LogP contribution in [0.15, 0.2) is 0 Å². The van der Waals surface area contributed by atoms with Gasteiger partial charge >= 0.3 is 6.18 Å². The van der Waals surface area contributed by atoms with Gasteiger partial charge in [-0.05, 0) is 0 Å². The minimum Gasteiger partial charge on any atom is -0.380 e. The van der Waals surface area contributed by atoms with E-state index in [2.05, 4.69) is 0 Å². The Hall–Kier alpha value is -0.820. The molecule has 15 heavy (non-hydrogen) atoms. The second-order valence-electron chi connectivity index (χ2n) is 3.16. The summed E-state index contributed by atoms with van der Waals surface area (Å²) >= 11 is 0. The number of rotatable bonds is 5. The number of alkyl halides is 3. The average molecular weight is 228 g/mol. The van der Waals surface area contributed by atoms with Gasteiger partial charge in [0.1, 0.15) is 6.54 Å². The molecule has 0 aromatic heterocycles. The molecule has 0 aliphatic carbocycles. The molecular weight excluding hydrogens is 213 g/mol. The molecule has 0 aliphatic heterocycles. The molecule has 1 amide bonds. The van der Waals surface area contributed by atoms with Crippen molar-refractivity contribution in [2.24, 2.45) is 5.73 Å². The number of methoxy groups -OCH3 is 1. The first kappa shape index (κ1) is 14.2. The van der Waals surface area contributed by atoms with E-state index in [0.29, 0.717) is 4.90 Å². The fourth-order valence-corrected chi connectivity index (χ4v) is 0.971. The molecule has 7 heteroatoms. The highest BCUT2D eigenvalue weighted by atomic mass is 19.4. The predicted octanol–water partition coefficient (Wildman–Crippen LogP) is 0.371. The number of nitrogens with two attached hydrogens (primary N) is 1. The second-order valence-corrected chi connectivity index (χ2v) is 3.16. The van der Waals surface area contributed by atoms with Crippen molar-refractivity contribution < 1.29 is 22.7 Å². The van der Waals surface area contributed by atoms with E-state index in [0.717, 1.165) is 7.05 Å². The lowest BCUT2D eigenvalue weighted by Crippen LogP contribution is -2.38. The lowest BCUT2D eigenvalue weighted by Gasteiger charge is -2.21. The van der Waals surface area contributed by atoms with Gasteiger partial charge in [0, 0.05) is 20.7 Å². The summed E-state index contributed by atoms with van der Waals surface area (Å²) in [6.45, 7) is -1.16. The van der Waals surface area contributed by atoms with Crippen LogP contribution in [0.1, 0.15) is 6.42 Å². The second kappa shape index (κ2) is 5.92. The lowest BCUT2D eigenvalue weighted by atomic mass is 10.2. The van der Waals surface area contributed by atoms with E-state index < -0.39 is 24.7 Å². The van der Waals surface area contributed by atoms with Crippen LogP contribution >= 0.6 is 0 Å². The zero-order valence-corrected chi connectivity index (χ0v) is 8.67. The van der Waals surface area contributed by atoms with Gasteiger partial charge in [-0.15, -0.1) is 0 Å². The van der Waals surface area contributed by atoms with Crippen LogP contribution < -0.4 is 5.73 Å². The number of hydrogen-bond donors (Lipinski definition) is 1. The SMILES string of the molecule is COC(CN)CC(=O)N(C)CC(F)(F)F. The van der Waals surface area contributed by atoms with Gasteiger partial charge in [0.05, 0.1) is 12.5 Å². The fraction of sp³-hybridized carbons (Fsp3) is 0.875. The van der Waals surface area contributed by atoms with Gasteiger partial charge in [-0.3, -0.25) is 4.79 Å². The quantitative estimate of drug-likeness (QED) is 0.739. The number of amides is 1. The molecule has 0 radical (unpaired) electrons. The van der Waals surface area contributed by atoms with Crippen LogP contribution in [-0.4, -0.2) is 50.3 Å². The summed E-state index contributed by atoms with van der Waals surface area (Å²) in [6.07, 6.45) is -5.05. The van der Waals surface area contributed by atoms with Crippen LogP contribution in [0.4, 0.5) is 13.2 Å². The van der Waals surface area contributed by atoms with E-state index in [1.165, 1.54) is 7.11 Å². The predicted molar refractivity (Wildman–Crippen MR) is 48.2 cm³/mol. The lowest BCUT2D eigenvalue weighted by molar-refractivity contribution is -0.159. The molecule has 0 fully saturated rings. The monoisotopic (exact) mass is 228 g/mol. The van der Waals surface area contributed by atoms with Crippen molar-refractivity contribution in [1.82, 2.24) is 4.90 Å². The Morgan fingerprint density at radius 3 is 2.40 bits per heavy atom. The van der Waals surface area contributed by atoms with Crippen molar-refractivity contribution in [2.45, 2.75) is 18.7 Å². The molecule has 0 rings (SSSR count). The van der Waals surface area contributed by atoms with E-state index in [1.54, 1.807) is 0 Å². The number of carbonyl (C=O) groups is 1. The normalized spacial score (nSPS) is 13.7. The third-order valence-corrected chi connectivity index (χ3v) is 1.84. The first-order valence-corrected chi connectivity index (χ1v) is 4.33. The van der Waals surface area contributed by atoms with Gasteiger partial charge in [0.25, 0.3) is 0 Å². The molecule has 0 heterocycles. The summed E-state index contributed by atoms with van der Waals surface area (Å²) in [5.41, 5.74) is 5.24. The first-order chi connectivity index (χ1) is 6.80. The maximum atomic E-state index is 11.9. The Labute approximate surface area is 86.2 Å². The van der Waals surface area contributed by atoms with Gasteiger partial charge in [-0.2, -0.15) is 13.2 Å². The highest BCUT2D eigenvalue weighted by molar-refractivity contribution is 5.76. The molecule has 2 N–H and O–H groups in total. The number of ether oxygens (including phenoxy) is 1. The third-order valence-electron chi connectivity index (χ3n) is 1.84. The number of hydrogen-bond acceptors (Lipinski definition) is 3. The highest BCUT2D eigenvalue weighted by Gasteiger charge is 2.31. The van der Waals surface area contributed by atoms with Crippen LogP contribution in [0, 0.1) is 0 Å². The van der Waals surface area contributed by atoms with Crippen LogP contribution in [0.5, 0.6) is 0 Å². The van der Waals surface area contributed by atoms with E-state index >= 15 is 0 Å². The van der Waals surface area contributed by atoms with Gasteiger partial charge in [0.2, 0.25) is 5.91 Å². The molecule has 1 atom stereocenters. The van der Waals surface area contributed by atoms with E-state index in [-0.39, 0.29) is 13.0 Å². The smallest absolute Gasteiger partial charge is 0.380 e. The van der Waals surface area contributed by atoms with Crippen molar-refractivity contribution in [3.8, 4) is 0 Å². The molecule has 0 saturated carbocycles. The largest absolute Gasteiger partial charge is 0.406 e. The maximum Gasteiger partial charge on any atom is 0.406 e. The van der Waals surface area contributed by atoms with Crippen molar-refractivity contribution in [2.75, 3.05) is 27.2 Å². The molecule has 0 aromatic rings. The zero-order valence-electron chi connectivity index (χ0n) is 8.67. The zero-order chi connectivity index (χ0) is 12.1. The third kappa shape index (κ3) is 6.29. The van der Waals surface area contributed by atoms with Crippen LogP contribution in [0.2, 0.25) is 0 Å². The average Bonchev–Trinajstić information content (AvgIpc) is 2.10. The van der Waals surface area contributed by atoms with E-state index in [9.17, 15) is 18.0 Å². The minimum absolute atomic E-state index is 0.0993. The molecule has 0 spiro atoms. The van der Waals surface area contributed by atoms with Crippen LogP contribution in [0.3, 0.4) is 0 Å². The van der Waals surface area contributed by atoms with Gasteiger partial charge in [-0.1, -0.05) is 0 Å². The molecule has 1 unspecified atom stereocenters. The standard InChI is InChI=1S/C8H15F3N2O2/c1-13(5-8(9,10)11)7(14)3-6(4-12)15-2/h6H,3-5,12H2,1-2H3. The van der Waals surface area contributed by atoms with Crippen LogP contribution in [-0.2, 0) is 9.53 Å². The molecule has 90 valence electrons. The van der Waals surface area contributed by atoms with E-state index in [4.69, 9.17) is 10.5 Å². The van der Waals surface area contributed by atoms with Gasteiger partial charge < -0.3 is 15.4 Å². The summed E-state index contributed by atoms with van der Waals surface area (Å²) in [4.78, 5) is 11.9. The summed E-state index contributed by atoms with van der Waals surface area (Å²) in [6, 6.07) is 0. The number of halogens is 3. The fourth-order valence-electron chi connectivity index (χ4n) is 0.971. The Bertz CT molecular complexity index is 205. The summed E-state index contributed by atoms with van der Waals surface area (Å²) < 4.78 is 40.5. The molecule has 0 aliphatic rings. The molecule has 4 nitrogen and oxygen atoms in total. The van der Waals surface area contributed by atoms with Crippen molar-refractivity contribution in [1.29, 1.82) is 0 Å². The Morgan fingerprint density at radius 1 is 1.53 bits per heavy atom. The number of carbonyl (C=O) groups excluding carboxylic acids is 1. The summed E-state index contributed by atoms with van der Waals surface area (Å²) in [7, 11) is 2.45.